The predicted octanol–water partition coefficient (Wildman–Crippen LogP) is 2.32. The number of carboxylic acid groups (broad SMARTS) is 1. The average molecular weight is 254 g/mol. The summed E-state index contributed by atoms with van der Waals surface area (Å²) in [5.74, 6) is -0.291. The second-order valence-electron chi connectivity index (χ2n) is 4.17. The van der Waals surface area contributed by atoms with Gasteiger partial charge in [0.25, 0.3) is 0 Å². The van der Waals surface area contributed by atoms with E-state index in [-0.39, 0.29) is 6.42 Å². The molecule has 0 unspecified atom stereocenters. The number of benzene rings is 1. The molecule has 0 aliphatic heterocycles. The fraction of sp³-hybridized carbons (Fsp3) is 0.500. The molecule has 94 valence electrons. The Hall–Kier alpha value is -1.02. The van der Waals surface area contributed by atoms with Gasteiger partial charge >= 0.3 is 0 Å². The number of halogens is 1. The van der Waals surface area contributed by atoms with Gasteiger partial charge in [-0.25, -0.2) is 0 Å². The third-order valence-corrected chi connectivity index (χ3v) is 3.05. The number of aliphatic carboxylic acids is 1. The van der Waals surface area contributed by atoms with Crippen LogP contribution in [0.1, 0.15) is 36.8 Å². The molecular formula is C14H18ClO2-. The van der Waals surface area contributed by atoms with Gasteiger partial charge in [0.05, 0.1) is 0 Å². The van der Waals surface area contributed by atoms with Crippen LogP contribution in [-0.4, -0.2) is 11.8 Å². The zero-order valence-corrected chi connectivity index (χ0v) is 10.7. The summed E-state index contributed by atoms with van der Waals surface area (Å²) >= 11 is 5.61. The zero-order chi connectivity index (χ0) is 12.5. The van der Waals surface area contributed by atoms with E-state index in [9.17, 15) is 9.90 Å². The predicted molar refractivity (Wildman–Crippen MR) is 68.0 cm³/mol. The van der Waals surface area contributed by atoms with Crippen LogP contribution in [0.15, 0.2) is 24.3 Å². The molecule has 0 atom stereocenters. The number of hydrogen-bond acceptors (Lipinski definition) is 2. The smallest absolute Gasteiger partial charge is 0.0458 e. The van der Waals surface area contributed by atoms with Crippen molar-refractivity contribution in [1.82, 2.24) is 0 Å². The van der Waals surface area contributed by atoms with E-state index in [2.05, 4.69) is 0 Å². The molecule has 1 rings (SSSR count). The molecular weight excluding hydrogens is 236 g/mol. The number of alkyl halides is 1. The lowest BCUT2D eigenvalue weighted by atomic mass is 9.99. The fourth-order valence-corrected chi connectivity index (χ4v) is 2.08. The van der Waals surface area contributed by atoms with Crippen molar-refractivity contribution >= 4 is 17.6 Å². The average Bonchev–Trinajstić information content (AvgIpc) is 2.30. The summed E-state index contributed by atoms with van der Waals surface area (Å²) in [6, 6.07) is 7.69. The van der Waals surface area contributed by atoms with Crippen molar-refractivity contribution in [3.63, 3.8) is 0 Å². The number of carbonyl (C=O) groups is 1. The molecule has 0 heterocycles. The van der Waals surface area contributed by atoms with Gasteiger partial charge in [-0.05, 0) is 30.4 Å². The van der Waals surface area contributed by atoms with E-state index in [1.54, 1.807) is 0 Å². The molecule has 0 aromatic heterocycles. The monoisotopic (exact) mass is 253 g/mol. The number of hydrogen-bond donors (Lipinski definition) is 0. The summed E-state index contributed by atoms with van der Waals surface area (Å²) in [4.78, 5) is 10.6. The third kappa shape index (κ3) is 5.73. The molecule has 17 heavy (non-hydrogen) atoms. The Bertz CT molecular complexity index is 350. The summed E-state index contributed by atoms with van der Waals surface area (Å²) < 4.78 is 0. The van der Waals surface area contributed by atoms with Gasteiger partial charge in [0.15, 0.2) is 0 Å². The third-order valence-electron chi connectivity index (χ3n) is 2.78. The summed E-state index contributed by atoms with van der Waals surface area (Å²) in [6.45, 7) is 0. The van der Waals surface area contributed by atoms with Crippen LogP contribution >= 0.6 is 11.6 Å². The Morgan fingerprint density at radius 1 is 1.06 bits per heavy atom. The van der Waals surface area contributed by atoms with Crippen LogP contribution in [0.5, 0.6) is 0 Å². The summed E-state index contributed by atoms with van der Waals surface area (Å²) in [7, 11) is 0. The van der Waals surface area contributed by atoms with Crippen LogP contribution in [0.2, 0.25) is 0 Å². The topological polar surface area (TPSA) is 40.1 Å². The van der Waals surface area contributed by atoms with E-state index in [0.717, 1.165) is 49.1 Å². The van der Waals surface area contributed by atoms with Crippen molar-refractivity contribution in [2.75, 3.05) is 5.88 Å². The standard InChI is InChI=1S/C14H19ClO2/c15-10-6-2-1-3-7-12-8-4-5-9-13(12)11-14(16)17/h4-5,8-9H,1-3,6-7,10-11H2,(H,16,17)/p-1. The van der Waals surface area contributed by atoms with Crippen LogP contribution in [0.25, 0.3) is 0 Å². The molecule has 0 spiro atoms. The Kier molecular flexibility index (Phi) is 6.71. The summed E-state index contributed by atoms with van der Waals surface area (Å²) in [6.07, 6.45) is 5.38. The number of unbranched alkanes of at least 4 members (excludes halogenated alkanes) is 3. The number of rotatable bonds is 8. The molecule has 0 aliphatic rings. The lowest BCUT2D eigenvalue weighted by Crippen LogP contribution is -2.24. The molecule has 1 aromatic rings. The first kappa shape index (κ1) is 14.0. The van der Waals surface area contributed by atoms with Crippen LogP contribution < -0.4 is 5.11 Å². The van der Waals surface area contributed by atoms with Gasteiger partial charge in [0, 0.05) is 18.3 Å². The minimum Gasteiger partial charge on any atom is -0.550 e. The van der Waals surface area contributed by atoms with Crippen LogP contribution in [0.4, 0.5) is 0 Å². The summed E-state index contributed by atoms with van der Waals surface area (Å²) in [5.41, 5.74) is 2.01. The quantitative estimate of drug-likeness (QED) is 0.527. The second kappa shape index (κ2) is 8.13. The number of aryl methyl sites for hydroxylation is 1. The second-order valence-corrected chi connectivity index (χ2v) is 4.55. The van der Waals surface area contributed by atoms with E-state index in [0.29, 0.717) is 0 Å². The SMILES string of the molecule is O=C([O-])Cc1ccccc1CCCCCCCl. The normalized spacial score (nSPS) is 10.4. The lowest BCUT2D eigenvalue weighted by Gasteiger charge is -2.09. The molecule has 0 aliphatic carbocycles. The number of carbonyl (C=O) groups excluding carboxylic acids is 1. The Balaban J connectivity index is 2.43. The van der Waals surface area contributed by atoms with Crippen LogP contribution in [-0.2, 0) is 17.6 Å². The van der Waals surface area contributed by atoms with E-state index in [1.807, 2.05) is 24.3 Å². The van der Waals surface area contributed by atoms with Gasteiger partial charge in [0.2, 0.25) is 0 Å². The van der Waals surface area contributed by atoms with Crippen LogP contribution in [0.3, 0.4) is 0 Å². The molecule has 3 heteroatoms. The minimum absolute atomic E-state index is 0.0118. The van der Waals surface area contributed by atoms with Gasteiger partial charge in [-0.3, -0.25) is 0 Å². The van der Waals surface area contributed by atoms with E-state index < -0.39 is 5.97 Å². The van der Waals surface area contributed by atoms with Gasteiger partial charge in [-0.2, -0.15) is 0 Å². The van der Waals surface area contributed by atoms with E-state index in [1.165, 1.54) is 0 Å². The van der Waals surface area contributed by atoms with Crippen molar-refractivity contribution in [3.8, 4) is 0 Å². The van der Waals surface area contributed by atoms with Gasteiger partial charge < -0.3 is 9.90 Å². The fourth-order valence-electron chi connectivity index (χ4n) is 1.89. The Labute approximate surface area is 108 Å². The molecule has 0 amide bonds. The Morgan fingerprint density at radius 2 is 1.71 bits per heavy atom. The van der Waals surface area contributed by atoms with Crippen molar-refractivity contribution in [2.24, 2.45) is 0 Å². The number of carboxylic acids is 1. The van der Waals surface area contributed by atoms with Gasteiger partial charge in [0.1, 0.15) is 0 Å². The van der Waals surface area contributed by atoms with E-state index >= 15 is 0 Å². The highest BCUT2D eigenvalue weighted by Gasteiger charge is 2.01. The molecule has 0 saturated heterocycles. The first-order chi connectivity index (χ1) is 8.24. The molecule has 0 bridgehead atoms. The highest BCUT2D eigenvalue weighted by atomic mass is 35.5. The summed E-state index contributed by atoms with van der Waals surface area (Å²) in [5, 5.41) is 10.6. The molecule has 0 fully saturated rings. The highest BCUT2D eigenvalue weighted by Crippen LogP contribution is 2.14. The highest BCUT2D eigenvalue weighted by molar-refractivity contribution is 6.17. The maximum Gasteiger partial charge on any atom is 0.0458 e. The first-order valence-corrected chi connectivity index (χ1v) is 6.60. The Morgan fingerprint density at radius 3 is 2.35 bits per heavy atom. The lowest BCUT2D eigenvalue weighted by molar-refractivity contribution is -0.304. The largest absolute Gasteiger partial charge is 0.550 e. The van der Waals surface area contributed by atoms with Crippen molar-refractivity contribution in [3.05, 3.63) is 35.4 Å². The van der Waals surface area contributed by atoms with Crippen molar-refractivity contribution < 1.29 is 9.90 Å². The van der Waals surface area contributed by atoms with Crippen LogP contribution in [0, 0.1) is 0 Å². The van der Waals surface area contributed by atoms with Gasteiger partial charge in [-0.15, -0.1) is 11.6 Å². The molecule has 2 nitrogen and oxygen atoms in total. The van der Waals surface area contributed by atoms with Crippen molar-refractivity contribution in [2.45, 2.75) is 38.5 Å². The van der Waals surface area contributed by atoms with Gasteiger partial charge in [-0.1, -0.05) is 37.1 Å². The first-order valence-electron chi connectivity index (χ1n) is 6.06. The molecule has 1 aromatic carbocycles. The van der Waals surface area contributed by atoms with Crippen molar-refractivity contribution in [1.29, 1.82) is 0 Å². The maximum absolute atomic E-state index is 10.6. The molecule has 0 N–H and O–H groups in total. The van der Waals surface area contributed by atoms with E-state index in [4.69, 9.17) is 11.6 Å². The molecule has 0 saturated carbocycles. The maximum atomic E-state index is 10.6. The molecule has 0 radical (unpaired) electrons. The zero-order valence-electron chi connectivity index (χ0n) is 9.95. The minimum atomic E-state index is -1.01.